The minimum Gasteiger partial charge on any atom is -0.479 e. The number of aliphatic hydroxyl groups is 4. The molecule has 0 spiro atoms. The number of rotatable bonds is 15. The predicted molar refractivity (Wildman–Crippen MR) is 91.9 cm³/mol. The second-order valence-electron chi connectivity index (χ2n) is 6.33. The van der Waals surface area contributed by atoms with Gasteiger partial charge in [-0.15, -0.1) is 0 Å². The Morgan fingerprint density at radius 3 is 1.68 bits per heavy atom. The van der Waals surface area contributed by atoms with Crippen LogP contribution in [0.4, 0.5) is 0 Å². The summed E-state index contributed by atoms with van der Waals surface area (Å²) in [5, 5.41) is 48.6. The molecular formula is C17H33NO7. The normalized spacial score (nSPS) is 16.0. The van der Waals surface area contributed by atoms with E-state index in [0.29, 0.717) is 6.54 Å². The number of carbonyl (C=O) groups excluding carboxylic acids is 1. The smallest absolute Gasteiger partial charge is 0.335 e. The Labute approximate surface area is 148 Å². The number of aliphatic carboxylic acids is 1. The van der Waals surface area contributed by atoms with Gasteiger partial charge in [0.15, 0.2) is 12.2 Å². The van der Waals surface area contributed by atoms with Crippen molar-refractivity contribution in [2.45, 2.75) is 89.1 Å². The molecule has 0 heterocycles. The molecule has 0 bridgehead atoms. The molecule has 1 amide bonds. The molecule has 0 fully saturated rings. The van der Waals surface area contributed by atoms with Crippen LogP contribution >= 0.6 is 0 Å². The van der Waals surface area contributed by atoms with E-state index in [2.05, 4.69) is 12.2 Å². The molecule has 0 aliphatic heterocycles. The molecule has 0 saturated heterocycles. The number of nitrogens with one attached hydrogen (secondary N) is 1. The highest BCUT2D eigenvalue weighted by Crippen LogP contribution is 2.09. The first-order valence-corrected chi connectivity index (χ1v) is 9.05. The first-order valence-electron chi connectivity index (χ1n) is 9.05. The van der Waals surface area contributed by atoms with Gasteiger partial charge in [-0.25, -0.2) is 4.79 Å². The average Bonchev–Trinajstić information content (AvgIpc) is 2.60. The summed E-state index contributed by atoms with van der Waals surface area (Å²) in [6, 6.07) is 0. The third-order valence-corrected chi connectivity index (χ3v) is 4.10. The van der Waals surface area contributed by atoms with Crippen LogP contribution in [-0.2, 0) is 9.59 Å². The molecule has 0 rings (SSSR count). The maximum Gasteiger partial charge on any atom is 0.335 e. The fourth-order valence-corrected chi connectivity index (χ4v) is 2.43. The predicted octanol–water partition coefficient (Wildman–Crippen LogP) is 0.162. The molecule has 4 atom stereocenters. The van der Waals surface area contributed by atoms with Crippen LogP contribution in [0.1, 0.15) is 64.7 Å². The summed E-state index contributed by atoms with van der Waals surface area (Å²) >= 11 is 0. The minimum absolute atomic E-state index is 0.316. The van der Waals surface area contributed by atoms with Crippen LogP contribution in [0.25, 0.3) is 0 Å². The van der Waals surface area contributed by atoms with Crippen molar-refractivity contribution in [3.63, 3.8) is 0 Å². The zero-order chi connectivity index (χ0) is 19.2. The first kappa shape index (κ1) is 23.8. The van der Waals surface area contributed by atoms with E-state index < -0.39 is 36.3 Å². The second-order valence-corrected chi connectivity index (χ2v) is 6.33. The number of carboxylic acid groups (broad SMARTS) is 1. The molecule has 0 aromatic rings. The van der Waals surface area contributed by atoms with E-state index in [0.717, 1.165) is 25.7 Å². The molecule has 0 saturated carbocycles. The van der Waals surface area contributed by atoms with Gasteiger partial charge in [-0.05, 0) is 6.42 Å². The molecule has 4 unspecified atom stereocenters. The topological polar surface area (TPSA) is 147 Å². The zero-order valence-corrected chi connectivity index (χ0v) is 14.9. The lowest BCUT2D eigenvalue weighted by Gasteiger charge is -2.23. The number of carboxylic acids is 1. The Hall–Kier alpha value is -1.22. The van der Waals surface area contributed by atoms with E-state index in [1.807, 2.05) is 0 Å². The summed E-state index contributed by atoms with van der Waals surface area (Å²) < 4.78 is 0. The van der Waals surface area contributed by atoms with E-state index in [4.69, 9.17) is 10.2 Å². The highest BCUT2D eigenvalue weighted by molar-refractivity contribution is 5.81. The van der Waals surface area contributed by atoms with Crippen molar-refractivity contribution < 1.29 is 35.1 Å². The van der Waals surface area contributed by atoms with Gasteiger partial charge in [-0.1, -0.05) is 58.3 Å². The van der Waals surface area contributed by atoms with Gasteiger partial charge in [-0.3, -0.25) is 4.79 Å². The third kappa shape index (κ3) is 10.4. The largest absolute Gasteiger partial charge is 0.479 e. The van der Waals surface area contributed by atoms with Gasteiger partial charge in [0, 0.05) is 6.54 Å². The number of hydrogen-bond donors (Lipinski definition) is 6. The molecule has 6 N–H and O–H groups in total. The van der Waals surface area contributed by atoms with Gasteiger partial charge >= 0.3 is 5.97 Å². The number of hydrogen-bond acceptors (Lipinski definition) is 6. The van der Waals surface area contributed by atoms with Gasteiger partial charge in [-0.2, -0.15) is 0 Å². The monoisotopic (exact) mass is 363 g/mol. The van der Waals surface area contributed by atoms with Gasteiger partial charge < -0.3 is 30.8 Å². The molecular weight excluding hydrogens is 330 g/mol. The quantitative estimate of drug-likeness (QED) is 0.227. The Morgan fingerprint density at radius 2 is 1.20 bits per heavy atom. The van der Waals surface area contributed by atoms with E-state index in [9.17, 15) is 24.9 Å². The molecule has 0 aromatic carbocycles. The van der Waals surface area contributed by atoms with Crippen molar-refractivity contribution in [1.82, 2.24) is 5.32 Å². The number of unbranched alkanes of at least 4 members (excludes halogenated alkanes) is 8. The van der Waals surface area contributed by atoms with Gasteiger partial charge in [0.05, 0.1) is 0 Å². The van der Waals surface area contributed by atoms with Crippen LogP contribution in [0.5, 0.6) is 0 Å². The third-order valence-electron chi connectivity index (χ3n) is 4.10. The van der Waals surface area contributed by atoms with Crippen molar-refractivity contribution in [3.8, 4) is 0 Å². The van der Waals surface area contributed by atoms with Gasteiger partial charge in [0.2, 0.25) is 0 Å². The fourth-order valence-electron chi connectivity index (χ4n) is 2.43. The minimum atomic E-state index is -2.28. The van der Waals surface area contributed by atoms with Crippen molar-refractivity contribution >= 4 is 11.9 Å². The Kier molecular flexibility index (Phi) is 13.3. The lowest BCUT2D eigenvalue weighted by molar-refractivity contribution is -0.166. The SMILES string of the molecule is CCCCCCCCCCCNC(=O)C(O)C(O)C(O)C(O)C(=O)O. The molecule has 0 aliphatic rings. The molecule has 0 radical (unpaired) electrons. The van der Waals surface area contributed by atoms with Crippen LogP contribution in [0.15, 0.2) is 0 Å². The first-order chi connectivity index (χ1) is 11.8. The number of aliphatic hydroxyl groups excluding tert-OH is 4. The molecule has 0 aromatic heterocycles. The van der Waals surface area contributed by atoms with Crippen molar-refractivity contribution in [1.29, 1.82) is 0 Å². The van der Waals surface area contributed by atoms with Crippen LogP contribution in [0.2, 0.25) is 0 Å². The average molecular weight is 363 g/mol. The standard InChI is InChI=1S/C17H33NO7/c1-2-3-4-5-6-7-8-9-10-11-18-16(23)14(21)12(19)13(20)15(22)17(24)25/h12-15,19-22H,2-11H2,1H3,(H,18,23)(H,24,25). The summed E-state index contributed by atoms with van der Waals surface area (Å²) in [5.41, 5.74) is 0. The van der Waals surface area contributed by atoms with E-state index >= 15 is 0 Å². The van der Waals surface area contributed by atoms with Crippen LogP contribution in [-0.4, -0.2) is 68.4 Å². The number of amides is 1. The summed E-state index contributed by atoms with van der Waals surface area (Å²) in [7, 11) is 0. The Morgan fingerprint density at radius 1 is 0.760 bits per heavy atom. The fraction of sp³-hybridized carbons (Fsp3) is 0.882. The Bertz CT molecular complexity index is 378. The summed E-state index contributed by atoms with van der Waals surface area (Å²) in [4.78, 5) is 22.2. The molecule has 0 aliphatic carbocycles. The molecule has 148 valence electrons. The maximum atomic E-state index is 11.7. The van der Waals surface area contributed by atoms with E-state index in [1.54, 1.807) is 0 Å². The highest BCUT2D eigenvalue weighted by atomic mass is 16.4. The maximum absolute atomic E-state index is 11.7. The van der Waals surface area contributed by atoms with Gasteiger partial charge in [0.25, 0.3) is 5.91 Å². The lowest BCUT2D eigenvalue weighted by atomic mass is 10.0. The summed E-state index contributed by atoms with van der Waals surface area (Å²) in [6.07, 6.45) is 1.57. The molecule has 25 heavy (non-hydrogen) atoms. The summed E-state index contributed by atoms with van der Waals surface area (Å²) in [5.74, 6) is -2.67. The van der Waals surface area contributed by atoms with E-state index in [1.165, 1.54) is 32.1 Å². The van der Waals surface area contributed by atoms with E-state index in [-0.39, 0.29) is 0 Å². The van der Waals surface area contributed by atoms with Gasteiger partial charge in [0.1, 0.15) is 12.2 Å². The highest BCUT2D eigenvalue weighted by Gasteiger charge is 2.37. The van der Waals surface area contributed by atoms with Crippen LogP contribution in [0, 0.1) is 0 Å². The molecule has 8 heteroatoms. The van der Waals surface area contributed by atoms with Crippen molar-refractivity contribution in [3.05, 3.63) is 0 Å². The Balaban J connectivity index is 3.82. The number of carbonyl (C=O) groups is 2. The van der Waals surface area contributed by atoms with Crippen molar-refractivity contribution in [2.75, 3.05) is 6.54 Å². The second kappa shape index (κ2) is 14.0. The zero-order valence-electron chi connectivity index (χ0n) is 14.9. The van der Waals surface area contributed by atoms with Crippen LogP contribution in [0.3, 0.4) is 0 Å². The molecule has 8 nitrogen and oxygen atoms in total. The van der Waals surface area contributed by atoms with Crippen molar-refractivity contribution in [2.24, 2.45) is 0 Å². The van der Waals surface area contributed by atoms with Crippen LogP contribution < -0.4 is 5.32 Å². The lowest BCUT2D eigenvalue weighted by Crippen LogP contribution is -2.52. The summed E-state index contributed by atoms with van der Waals surface area (Å²) in [6.45, 7) is 2.50.